The van der Waals surface area contributed by atoms with Gasteiger partial charge in [-0.25, -0.2) is 0 Å². The van der Waals surface area contributed by atoms with Crippen molar-refractivity contribution in [1.29, 1.82) is 0 Å². The first-order valence-electron chi connectivity index (χ1n) is 10.1. The van der Waals surface area contributed by atoms with E-state index in [-0.39, 0.29) is 0 Å². The average molecular weight is 373 g/mol. The van der Waals surface area contributed by atoms with Crippen LogP contribution in [-0.4, -0.2) is 21.0 Å². The zero-order chi connectivity index (χ0) is 18.3. The summed E-state index contributed by atoms with van der Waals surface area (Å²) in [6.07, 6.45) is 18.6. The first-order valence-corrected chi connectivity index (χ1v) is 12.1. The molecule has 0 unspecified atom stereocenters. The van der Waals surface area contributed by atoms with Crippen molar-refractivity contribution in [2.24, 2.45) is 0 Å². The van der Waals surface area contributed by atoms with E-state index in [2.05, 4.69) is 77.2 Å². The van der Waals surface area contributed by atoms with Crippen LogP contribution in [0.4, 0.5) is 0 Å². The zero-order valence-electron chi connectivity index (χ0n) is 17.5. The van der Waals surface area contributed by atoms with Gasteiger partial charge in [-0.3, -0.25) is 0 Å². The van der Waals surface area contributed by atoms with Gasteiger partial charge in [-0.15, -0.1) is 0 Å². The van der Waals surface area contributed by atoms with Gasteiger partial charge in [-0.2, -0.15) is 23.5 Å². The Balaban J connectivity index is 3.19. The van der Waals surface area contributed by atoms with Crippen molar-refractivity contribution >= 4 is 23.5 Å². The molecule has 0 aromatic rings. The summed E-state index contributed by atoms with van der Waals surface area (Å²) in [6, 6.07) is 0. The predicted molar refractivity (Wildman–Crippen MR) is 120 cm³/mol. The smallest absolute Gasteiger partial charge is 0.00750 e. The molecule has 0 saturated carbocycles. The molecule has 144 valence electrons. The highest BCUT2D eigenvalue weighted by atomic mass is 32.2. The molecule has 0 radical (unpaired) electrons. The summed E-state index contributed by atoms with van der Waals surface area (Å²) in [5.41, 5.74) is 0. The van der Waals surface area contributed by atoms with Gasteiger partial charge in [0.25, 0.3) is 0 Å². The molecule has 0 aliphatic rings. The minimum absolute atomic E-state index is 0.439. The Morgan fingerprint density at radius 1 is 0.500 bits per heavy atom. The maximum Gasteiger partial charge on any atom is 0.00750 e. The predicted octanol–water partition coefficient (Wildman–Crippen LogP) is 8.51. The molecule has 0 spiro atoms. The van der Waals surface area contributed by atoms with E-state index in [0.717, 1.165) is 0 Å². The van der Waals surface area contributed by atoms with Gasteiger partial charge in [-0.1, -0.05) is 79.4 Å². The summed E-state index contributed by atoms with van der Waals surface area (Å²) in [5.74, 6) is 2.65. The summed E-state index contributed by atoms with van der Waals surface area (Å²) in [5, 5.41) is 0. The molecule has 2 heteroatoms. The van der Waals surface area contributed by atoms with E-state index in [1.54, 1.807) is 0 Å². The molecule has 0 rings (SSSR count). The molecule has 24 heavy (non-hydrogen) atoms. The highest BCUT2D eigenvalue weighted by Gasteiger charge is 2.09. The van der Waals surface area contributed by atoms with E-state index in [9.17, 15) is 0 Å². The third-order valence-electron chi connectivity index (χ3n) is 3.77. The number of allylic oxidation sites excluding steroid dienone is 2. The highest BCUT2D eigenvalue weighted by Crippen LogP contribution is 2.25. The average Bonchev–Trinajstić information content (AvgIpc) is 2.44. The number of hydrogen-bond donors (Lipinski definition) is 0. The molecule has 0 nitrogen and oxygen atoms in total. The normalized spacial score (nSPS) is 13.1. The number of rotatable bonds is 14. The van der Waals surface area contributed by atoms with Crippen LogP contribution in [0.5, 0.6) is 0 Å². The topological polar surface area (TPSA) is 0 Å². The summed E-state index contributed by atoms with van der Waals surface area (Å²) in [7, 11) is 0. The van der Waals surface area contributed by atoms with Crippen LogP contribution < -0.4 is 0 Å². The molecule has 0 atom stereocenters. The fourth-order valence-electron chi connectivity index (χ4n) is 2.43. The maximum atomic E-state index is 2.42. The van der Waals surface area contributed by atoms with Crippen molar-refractivity contribution in [3.8, 4) is 0 Å². The van der Waals surface area contributed by atoms with E-state index >= 15 is 0 Å². The Morgan fingerprint density at radius 2 is 0.833 bits per heavy atom. The minimum Gasteiger partial charge on any atom is -0.156 e. The number of thioether (sulfide) groups is 2. The lowest BCUT2D eigenvalue weighted by Gasteiger charge is -2.17. The van der Waals surface area contributed by atoms with Crippen LogP contribution in [0, 0.1) is 0 Å². The molecule has 0 heterocycles. The summed E-state index contributed by atoms with van der Waals surface area (Å²) in [6.45, 7) is 13.9. The van der Waals surface area contributed by atoms with Crippen molar-refractivity contribution < 1.29 is 0 Å². The van der Waals surface area contributed by atoms with Crippen LogP contribution in [0.15, 0.2) is 12.2 Å². The first kappa shape index (κ1) is 24.4. The second kappa shape index (κ2) is 14.6. The summed E-state index contributed by atoms with van der Waals surface area (Å²) >= 11 is 4.21. The number of unbranched alkanes of at least 4 members (excludes halogenated alkanes) is 8. The fraction of sp³-hybridized carbons (Fsp3) is 0.909. The van der Waals surface area contributed by atoms with E-state index < -0.39 is 0 Å². The molecular weight excluding hydrogens is 328 g/mol. The van der Waals surface area contributed by atoms with Crippen LogP contribution in [0.25, 0.3) is 0 Å². The van der Waals surface area contributed by atoms with Crippen molar-refractivity contribution in [3.63, 3.8) is 0 Å². The Labute approximate surface area is 162 Å². The Bertz CT molecular complexity index is 264. The van der Waals surface area contributed by atoms with Crippen molar-refractivity contribution in [2.45, 2.75) is 115 Å². The molecular formula is C22H44S2. The minimum atomic E-state index is 0.439. The monoisotopic (exact) mass is 372 g/mol. The Kier molecular flexibility index (Phi) is 14.9. The molecule has 0 fully saturated rings. The third-order valence-corrected chi connectivity index (χ3v) is 6.48. The lowest BCUT2D eigenvalue weighted by Crippen LogP contribution is -2.08. The third kappa shape index (κ3) is 22.4. The highest BCUT2D eigenvalue weighted by molar-refractivity contribution is 8.00. The van der Waals surface area contributed by atoms with Crippen molar-refractivity contribution in [1.82, 2.24) is 0 Å². The second-order valence-corrected chi connectivity index (χ2v) is 12.6. The van der Waals surface area contributed by atoms with E-state index in [1.807, 2.05) is 0 Å². The molecule has 0 amide bonds. The van der Waals surface area contributed by atoms with Gasteiger partial charge in [-0.05, 0) is 50.0 Å². The lowest BCUT2D eigenvalue weighted by molar-refractivity contribution is 0.666. The van der Waals surface area contributed by atoms with Gasteiger partial charge in [0, 0.05) is 9.49 Å². The Morgan fingerprint density at radius 3 is 1.17 bits per heavy atom. The summed E-state index contributed by atoms with van der Waals surface area (Å²) < 4.78 is 0.877. The molecule has 0 aliphatic carbocycles. The van der Waals surface area contributed by atoms with Gasteiger partial charge in [0.1, 0.15) is 0 Å². The van der Waals surface area contributed by atoms with Crippen molar-refractivity contribution in [2.75, 3.05) is 11.5 Å². The fourth-order valence-corrected chi connectivity index (χ4v) is 4.35. The lowest BCUT2D eigenvalue weighted by atomic mass is 10.1. The van der Waals surface area contributed by atoms with Crippen LogP contribution in [0.3, 0.4) is 0 Å². The van der Waals surface area contributed by atoms with Crippen molar-refractivity contribution in [3.05, 3.63) is 12.2 Å². The molecule has 0 aromatic heterocycles. The van der Waals surface area contributed by atoms with Crippen LogP contribution in [0.1, 0.15) is 106 Å². The second-order valence-electron chi connectivity index (χ2n) is 8.80. The molecule has 0 saturated heterocycles. The quantitative estimate of drug-likeness (QED) is 0.221. The maximum absolute atomic E-state index is 2.42. The molecule has 0 bridgehead atoms. The van der Waals surface area contributed by atoms with Crippen LogP contribution >= 0.6 is 23.5 Å². The molecule has 0 aromatic carbocycles. The van der Waals surface area contributed by atoms with E-state index in [4.69, 9.17) is 0 Å². The van der Waals surface area contributed by atoms with Gasteiger partial charge < -0.3 is 0 Å². The van der Waals surface area contributed by atoms with Gasteiger partial charge >= 0.3 is 0 Å². The molecule has 0 aliphatic heterocycles. The molecule has 0 N–H and O–H groups in total. The van der Waals surface area contributed by atoms with Crippen LogP contribution in [0.2, 0.25) is 0 Å². The summed E-state index contributed by atoms with van der Waals surface area (Å²) in [4.78, 5) is 0. The SMILES string of the molecule is CC(C)(C)SCCCCCC/C=C/CCCCCCSC(C)(C)C. The largest absolute Gasteiger partial charge is 0.156 e. The van der Waals surface area contributed by atoms with Gasteiger partial charge in [0.2, 0.25) is 0 Å². The van der Waals surface area contributed by atoms with Crippen LogP contribution in [-0.2, 0) is 0 Å². The van der Waals surface area contributed by atoms with Gasteiger partial charge in [0.15, 0.2) is 0 Å². The zero-order valence-corrected chi connectivity index (χ0v) is 19.1. The van der Waals surface area contributed by atoms with Gasteiger partial charge in [0.05, 0.1) is 0 Å². The first-order chi connectivity index (χ1) is 11.2. The van der Waals surface area contributed by atoms with E-state index in [1.165, 1.54) is 75.7 Å². The Hall–Kier alpha value is 0.440. The number of hydrogen-bond acceptors (Lipinski definition) is 2. The standard InChI is InChI=1S/C22H44S2/c1-21(2,3)23-19-17-15-13-11-9-7-8-10-12-14-16-18-20-24-22(4,5)6/h7-8H,9-20H2,1-6H3/b8-7+. The van der Waals surface area contributed by atoms with E-state index in [0.29, 0.717) is 9.49 Å².